The van der Waals surface area contributed by atoms with Crippen molar-refractivity contribution in [3.05, 3.63) is 59.4 Å². The third kappa shape index (κ3) is 5.56. The maximum Gasteiger partial charge on any atom is 0.255 e. The lowest BCUT2D eigenvalue weighted by Gasteiger charge is -2.36. The molecule has 0 saturated carbocycles. The van der Waals surface area contributed by atoms with Crippen molar-refractivity contribution in [3.8, 4) is 0 Å². The molecule has 0 bridgehead atoms. The van der Waals surface area contributed by atoms with Crippen LogP contribution < -0.4 is 10.2 Å². The van der Waals surface area contributed by atoms with Gasteiger partial charge in [0, 0.05) is 24.7 Å². The Morgan fingerprint density at radius 2 is 1.66 bits per heavy atom. The fourth-order valence-corrected chi connectivity index (χ4v) is 3.36. The topological polar surface area (TPSA) is 35.6 Å². The number of nitrogens with one attached hydrogen (secondary N) is 1. The standard InChI is InChI=1S/C20H22F3N3O.2ClH/c1-25-10-8-14(9-11-25)26(2)19-16(22)12-15(21)18(17(19)23)24-20(27)13-6-4-3-5-7-13;;/h3-7,12,14H,8-11H2,1-2H3,(H,24,27);2*1H. The normalized spacial score (nSPS) is 14.5. The molecule has 0 spiro atoms. The molecule has 0 aliphatic carbocycles. The molecule has 2 aromatic rings. The zero-order chi connectivity index (χ0) is 19.6. The van der Waals surface area contributed by atoms with E-state index in [0.717, 1.165) is 25.9 Å². The fourth-order valence-electron chi connectivity index (χ4n) is 3.36. The molecule has 160 valence electrons. The average molecular weight is 450 g/mol. The summed E-state index contributed by atoms with van der Waals surface area (Å²) in [6.07, 6.45) is 1.49. The second kappa shape index (κ2) is 10.7. The lowest BCUT2D eigenvalue weighted by atomic mass is 10.0. The van der Waals surface area contributed by atoms with E-state index in [1.54, 1.807) is 25.2 Å². The first-order valence-electron chi connectivity index (χ1n) is 8.83. The van der Waals surface area contributed by atoms with Gasteiger partial charge in [0.1, 0.15) is 11.4 Å². The van der Waals surface area contributed by atoms with Gasteiger partial charge in [0.25, 0.3) is 5.91 Å². The van der Waals surface area contributed by atoms with E-state index in [1.165, 1.54) is 17.0 Å². The van der Waals surface area contributed by atoms with Gasteiger partial charge in [0.2, 0.25) is 0 Å². The van der Waals surface area contributed by atoms with Crippen LogP contribution in [0.2, 0.25) is 0 Å². The van der Waals surface area contributed by atoms with Gasteiger partial charge in [0.15, 0.2) is 17.5 Å². The van der Waals surface area contributed by atoms with Gasteiger partial charge in [-0.25, -0.2) is 13.2 Å². The molecule has 9 heteroatoms. The summed E-state index contributed by atoms with van der Waals surface area (Å²) in [5.74, 6) is -3.88. The van der Waals surface area contributed by atoms with Crippen LogP contribution in [-0.4, -0.2) is 44.0 Å². The van der Waals surface area contributed by atoms with E-state index in [0.29, 0.717) is 6.07 Å². The number of nitrogens with zero attached hydrogens (tertiary/aromatic N) is 2. The number of likely N-dealkylation sites (tertiary alicyclic amines) is 1. The Morgan fingerprint density at radius 1 is 1.07 bits per heavy atom. The SMILES string of the molecule is CN1CCC(N(C)c2c(F)cc(F)c(NC(=O)c3ccccc3)c2F)CC1.Cl.Cl. The van der Waals surface area contributed by atoms with Gasteiger partial charge in [-0.3, -0.25) is 4.79 Å². The molecule has 1 fully saturated rings. The van der Waals surface area contributed by atoms with Gasteiger partial charge in [-0.05, 0) is 45.1 Å². The molecule has 1 aliphatic rings. The molecule has 1 aliphatic heterocycles. The zero-order valence-corrected chi connectivity index (χ0v) is 17.8. The van der Waals surface area contributed by atoms with E-state index in [-0.39, 0.29) is 42.1 Å². The van der Waals surface area contributed by atoms with Crippen molar-refractivity contribution in [2.45, 2.75) is 18.9 Å². The lowest BCUT2D eigenvalue weighted by molar-refractivity contribution is 0.102. The van der Waals surface area contributed by atoms with Crippen molar-refractivity contribution < 1.29 is 18.0 Å². The molecule has 0 unspecified atom stereocenters. The molecule has 1 amide bonds. The van der Waals surface area contributed by atoms with Crippen LogP contribution in [0.25, 0.3) is 0 Å². The van der Waals surface area contributed by atoms with E-state index >= 15 is 4.39 Å². The first-order chi connectivity index (χ1) is 12.9. The number of anilines is 2. The minimum atomic E-state index is -1.14. The predicted octanol–water partition coefficient (Wildman–Crippen LogP) is 4.73. The maximum absolute atomic E-state index is 15.0. The molecule has 0 atom stereocenters. The zero-order valence-electron chi connectivity index (χ0n) is 16.1. The van der Waals surface area contributed by atoms with Gasteiger partial charge in [-0.2, -0.15) is 0 Å². The summed E-state index contributed by atoms with van der Waals surface area (Å²) in [7, 11) is 3.59. The third-order valence-electron chi connectivity index (χ3n) is 5.01. The van der Waals surface area contributed by atoms with Crippen LogP contribution in [-0.2, 0) is 0 Å². The molecule has 0 radical (unpaired) electrons. The van der Waals surface area contributed by atoms with Crippen molar-refractivity contribution >= 4 is 42.1 Å². The van der Waals surface area contributed by atoms with Crippen LogP contribution in [0.15, 0.2) is 36.4 Å². The molecule has 3 rings (SSSR count). The van der Waals surface area contributed by atoms with Gasteiger partial charge >= 0.3 is 0 Å². The highest BCUT2D eigenvalue weighted by Gasteiger charge is 2.28. The molecular formula is C20H24Cl2F3N3O. The number of halogens is 5. The lowest BCUT2D eigenvalue weighted by Crippen LogP contribution is -2.42. The summed E-state index contributed by atoms with van der Waals surface area (Å²) in [4.78, 5) is 15.9. The highest BCUT2D eigenvalue weighted by molar-refractivity contribution is 6.04. The average Bonchev–Trinajstić information content (AvgIpc) is 2.66. The summed E-state index contributed by atoms with van der Waals surface area (Å²) < 4.78 is 43.6. The Hall–Kier alpha value is -1.96. The van der Waals surface area contributed by atoms with Crippen LogP contribution in [0.4, 0.5) is 24.5 Å². The number of hydrogen-bond donors (Lipinski definition) is 1. The van der Waals surface area contributed by atoms with Gasteiger partial charge < -0.3 is 15.1 Å². The number of benzene rings is 2. The number of amides is 1. The van der Waals surface area contributed by atoms with E-state index in [9.17, 15) is 13.6 Å². The van der Waals surface area contributed by atoms with Crippen LogP contribution in [0.1, 0.15) is 23.2 Å². The number of rotatable bonds is 4. The molecule has 1 saturated heterocycles. The Balaban J connectivity index is 0.00000210. The molecule has 1 N–H and O–H groups in total. The Bertz CT molecular complexity index is 831. The maximum atomic E-state index is 15.0. The highest BCUT2D eigenvalue weighted by atomic mass is 35.5. The summed E-state index contributed by atoms with van der Waals surface area (Å²) in [6, 6.07) is 8.63. The summed E-state index contributed by atoms with van der Waals surface area (Å²) >= 11 is 0. The summed E-state index contributed by atoms with van der Waals surface area (Å²) in [5, 5.41) is 2.24. The van der Waals surface area contributed by atoms with E-state index in [1.807, 2.05) is 7.05 Å². The molecule has 1 heterocycles. The van der Waals surface area contributed by atoms with Crippen LogP contribution >= 0.6 is 24.8 Å². The first kappa shape index (κ1) is 25.1. The van der Waals surface area contributed by atoms with Crippen molar-refractivity contribution in [2.75, 3.05) is 37.4 Å². The van der Waals surface area contributed by atoms with E-state index in [2.05, 4.69) is 10.2 Å². The van der Waals surface area contributed by atoms with Crippen LogP contribution in [0.5, 0.6) is 0 Å². The molecule has 4 nitrogen and oxygen atoms in total. The number of carbonyl (C=O) groups is 1. The van der Waals surface area contributed by atoms with E-state index < -0.39 is 29.0 Å². The fraction of sp³-hybridized carbons (Fsp3) is 0.350. The molecule has 2 aromatic carbocycles. The Morgan fingerprint density at radius 3 is 2.24 bits per heavy atom. The number of carbonyl (C=O) groups excluding carboxylic acids is 1. The predicted molar refractivity (Wildman–Crippen MR) is 114 cm³/mol. The second-order valence-electron chi connectivity index (χ2n) is 6.84. The van der Waals surface area contributed by atoms with Gasteiger partial charge in [-0.1, -0.05) is 18.2 Å². The monoisotopic (exact) mass is 449 g/mol. The number of piperidine rings is 1. The van der Waals surface area contributed by atoms with Crippen LogP contribution in [0, 0.1) is 17.5 Å². The van der Waals surface area contributed by atoms with Crippen molar-refractivity contribution in [1.29, 1.82) is 0 Å². The third-order valence-corrected chi connectivity index (χ3v) is 5.01. The first-order valence-corrected chi connectivity index (χ1v) is 8.83. The second-order valence-corrected chi connectivity index (χ2v) is 6.84. The van der Waals surface area contributed by atoms with Crippen molar-refractivity contribution in [3.63, 3.8) is 0 Å². The summed E-state index contributed by atoms with van der Waals surface area (Å²) in [5.41, 5.74) is -0.708. The van der Waals surface area contributed by atoms with E-state index in [4.69, 9.17) is 0 Å². The highest BCUT2D eigenvalue weighted by Crippen LogP contribution is 2.34. The summed E-state index contributed by atoms with van der Waals surface area (Å²) in [6.45, 7) is 1.63. The largest absolute Gasteiger partial charge is 0.367 e. The molecule has 29 heavy (non-hydrogen) atoms. The van der Waals surface area contributed by atoms with Gasteiger partial charge in [-0.15, -0.1) is 24.8 Å². The van der Waals surface area contributed by atoms with Crippen LogP contribution in [0.3, 0.4) is 0 Å². The molecule has 0 aromatic heterocycles. The minimum absolute atomic E-state index is 0. The minimum Gasteiger partial charge on any atom is -0.367 e. The number of hydrogen-bond acceptors (Lipinski definition) is 3. The van der Waals surface area contributed by atoms with Gasteiger partial charge in [0.05, 0.1) is 0 Å². The van der Waals surface area contributed by atoms with Crippen molar-refractivity contribution in [2.24, 2.45) is 0 Å². The Kier molecular flexibility index (Phi) is 9.26. The van der Waals surface area contributed by atoms with Crippen molar-refractivity contribution in [1.82, 2.24) is 4.90 Å². The quantitative estimate of drug-likeness (QED) is 0.732. The Labute approximate surface area is 180 Å². The smallest absolute Gasteiger partial charge is 0.255 e. The molecular weight excluding hydrogens is 426 g/mol.